The molecule has 0 aliphatic heterocycles. The van der Waals surface area contributed by atoms with E-state index in [4.69, 9.17) is 0 Å². The molecule has 0 aliphatic carbocycles. The Hall–Kier alpha value is -0.800. The van der Waals surface area contributed by atoms with Crippen LogP contribution in [0, 0.1) is 0 Å². The van der Waals surface area contributed by atoms with Crippen LogP contribution in [-0.2, 0) is 6.42 Å². The van der Waals surface area contributed by atoms with Crippen LogP contribution in [0.4, 0.5) is 0 Å². The number of carbonyl (C=O) groups excluding carboxylic acids is 1. The maximum Gasteiger partial charge on any atom is 0.151 e. The minimum absolute atomic E-state index is 0.741. The van der Waals surface area contributed by atoms with Gasteiger partial charge in [0, 0.05) is 15.2 Å². The lowest BCUT2D eigenvalue weighted by atomic mass is 10.0. The van der Waals surface area contributed by atoms with Crippen molar-refractivity contribution in [3.63, 3.8) is 0 Å². The van der Waals surface area contributed by atoms with Crippen molar-refractivity contribution in [2.45, 2.75) is 18.2 Å². The average Bonchev–Trinajstić information content (AvgIpc) is 2.65. The summed E-state index contributed by atoms with van der Waals surface area (Å²) in [5.74, 6) is 0. The first-order chi connectivity index (χ1) is 6.77. The third kappa shape index (κ3) is 1.37. The van der Waals surface area contributed by atoms with E-state index >= 15 is 0 Å². The standard InChI is InChI=1S/C11H10OS2/c1-2-7-5-8-3-4-14-11(8)10(13)9(7)6-12/h3-6,13H,2H2,1H3. The summed E-state index contributed by atoms with van der Waals surface area (Å²) >= 11 is 6.04. The Balaban J connectivity index is 2.85. The lowest BCUT2D eigenvalue weighted by Crippen LogP contribution is -1.92. The number of hydrogen-bond donors (Lipinski definition) is 1. The van der Waals surface area contributed by atoms with E-state index in [1.54, 1.807) is 11.3 Å². The van der Waals surface area contributed by atoms with Gasteiger partial charge in [-0.2, -0.15) is 0 Å². The van der Waals surface area contributed by atoms with E-state index in [9.17, 15) is 4.79 Å². The molecule has 2 aromatic rings. The van der Waals surface area contributed by atoms with Crippen molar-refractivity contribution in [3.8, 4) is 0 Å². The summed E-state index contributed by atoms with van der Waals surface area (Å²) < 4.78 is 1.10. The van der Waals surface area contributed by atoms with Crippen molar-refractivity contribution in [1.29, 1.82) is 0 Å². The second kappa shape index (κ2) is 3.75. The molecule has 0 amide bonds. The molecule has 1 nitrogen and oxygen atoms in total. The predicted molar refractivity (Wildman–Crippen MR) is 63.8 cm³/mol. The van der Waals surface area contributed by atoms with Gasteiger partial charge in [0.2, 0.25) is 0 Å². The normalized spacial score (nSPS) is 10.7. The van der Waals surface area contributed by atoms with Crippen LogP contribution in [0.15, 0.2) is 22.4 Å². The summed E-state index contributed by atoms with van der Waals surface area (Å²) in [5.41, 5.74) is 1.82. The van der Waals surface area contributed by atoms with Gasteiger partial charge in [-0.15, -0.1) is 24.0 Å². The first-order valence-corrected chi connectivity index (χ1v) is 5.77. The Morgan fingerprint density at radius 1 is 1.57 bits per heavy atom. The highest BCUT2D eigenvalue weighted by atomic mass is 32.1. The van der Waals surface area contributed by atoms with Crippen molar-refractivity contribution >= 4 is 40.3 Å². The number of fused-ring (bicyclic) bond motifs is 1. The summed E-state index contributed by atoms with van der Waals surface area (Å²) in [4.78, 5) is 11.8. The van der Waals surface area contributed by atoms with Gasteiger partial charge < -0.3 is 0 Å². The van der Waals surface area contributed by atoms with Gasteiger partial charge in [-0.3, -0.25) is 4.79 Å². The fraction of sp³-hybridized carbons (Fsp3) is 0.182. The number of aldehydes is 1. The number of thiol groups is 1. The Bertz CT molecular complexity index is 485. The van der Waals surface area contributed by atoms with Crippen LogP contribution in [0.2, 0.25) is 0 Å². The minimum Gasteiger partial charge on any atom is -0.298 e. The molecule has 0 unspecified atom stereocenters. The SMILES string of the molecule is CCc1cc2ccsc2c(S)c1C=O. The molecule has 0 spiro atoms. The maximum absolute atomic E-state index is 10.9. The van der Waals surface area contributed by atoms with Crippen molar-refractivity contribution in [2.75, 3.05) is 0 Å². The van der Waals surface area contributed by atoms with Gasteiger partial charge in [0.1, 0.15) is 0 Å². The molecule has 0 aliphatic rings. The lowest BCUT2D eigenvalue weighted by Gasteiger charge is -2.05. The molecule has 0 N–H and O–H groups in total. The number of rotatable bonds is 2. The Morgan fingerprint density at radius 3 is 3.00 bits per heavy atom. The van der Waals surface area contributed by atoms with Gasteiger partial charge in [0.15, 0.2) is 6.29 Å². The fourth-order valence-corrected chi connectivity index (χ4v) is 2.91. The molecule has 1 heterocycles. The van der Waals surface area contributed by atoms with E-state index in [-0.39, 0.29) is 0 Å². The third-order valence-corrected chi connectivity index (χ3v) is 3.90. The van der Waals surface area contributed by atoms with Gasteiger partial charge in [-0.05, 0) is 34.9 Å². The monoisotopic (exact) mass is 222 g/mol. The van der Waals surface area contributed by atoms with Crippen LogP contribution in [-0.4, -0.2) is 6.29 Å². The van der Waals surface area contributed by atoms with Gasteiger partial charge >= 0.3 is 0 Å². The molecule has 3 heteroatoms. The molecule has 14 heavy (non-hydrogen) atoms. The van der Waals surface area contributed by atoms with E-state index in [0.29, 0.717) is 0 Å². The first-order valence-electron chi connectivity index (χ1n) is 4.45. The maximum atomic E-state index is 10.9. The molecule has 0 saturated heterocycles. The Kier molecular flexibility index (Phi) is 2.61. The van der Waals surface area contributed by atoms with E-state index in [1.807, 2.05) is 12.3 Å². The number of carbonyl (C=O) groups is 1. The Labute approximate surface area is 92.2 Å². The van der Waals surface area contributed by atoms with Crippen molar-refractivity contribution in [1.82, 2.24) is 0 Å². The van der Waals surface area contributed by atoms with Crippen LogP contribution >= 0.6 is 24.0 Å². The summed E-state index contributed by atoms with van der Waals surface area (Å²) in [6.07, 6.45) is 1.77. The Morgan fingerprint density at radius 2 is 2.36 bits per heavy atom. The highest BCUT2D eigenvalue weighted by Crippen LogP contribution is 2.32. The van der Waals surface area contributed by atoms with Crippen molar-refractivity contribution in [2.24, 2.45) is 0 Å². The minimum atomic E-state index is 0.741. The quantitative estimate of drug-likeness (QED) is 0.607. The molecular weight excluding hydrogens is 212 g/mol. The topological polar surface area (TPSA) is 17.1 Å². The van der Waals surface area contributed by atoms with E-state index < -0.39 is 0 Å². The summed E-state index contributed by atoms with van der Waals surface area (Å²) in [5, 5.41) is 3.21. The zero-order chi connectivity index (χ0) is 10.1. The molecule has 0 bridgehead atoms. The summed E-state index contributed by atoms with van der Waals surface area (Å²) in [6, 6.07) is 4.14. The second-order valence-electron chi connectivity index (χ2n) is 3.11. The average molecular weight is 222 g/mol. The smallest absolute Gasteiger partial charge is 0.151 e. The molecule has 1 aromatic heterocycles. The van der Waals surface area contributed by atoms with E-state index in [1.165, 1.54) is 5.39 Å². The van der Waals surface area contributed by atoms with Crippen LogP contribution < -0.4 is 0 Å². The zero-order valence-corrected chi connectivity index (χ0v) is 9.49. The van der Waals surface area contributed by atoms with Crippen molar-refractivity contribution < 1.29 is 4.79 Å². The van der Waals surface area contributed by atoms with E-state index in [2.05, 4.69) is 24.8 Å². The van der Waals surface area contributed by atoms with E-state index in [0.717, 1.165) is 33.4 Å². The molecule has 72 valence electrons. The lowest BCUT2D eigenvalue weighted by molar-refractivity contribution is 0.112. The number of benzene rings is 1. The highest BCUT2D eigenvalue weighted by molar-refractivity contribution is 7.80. The fourth-order valence-electron chi connectivity index (χ4n) is 1.59. The molecule has 2 rings (SSSR count). The van der Waals surface area contributed by atoms with Gasteiger partial charge in [0.25, 0.3) is 0 Å². The molecule has 0 atom stereocenters. The van der Waals surface area contributed by atoms with Gasteiger partial charge in [-0.1, -0.05) is 6.92 Å². The van der Waals surface area contributed by atoms with Crippen LogP contribution in [0.3, 0.4) is 0 Å². The molecule has 0 radical (unpaired) electrons. The van der Waals surface area contributed by atoms with Crippen molar-refractivity contribution in [3.05, 3.63) is 28.6 Å². The third-order valence-electron chi connectivity index (χ3n) is 2.34. The molecule has 1 aromatic carbocycles. The summed E-state index contributed by atoms with van der Waals surface area (Å²) in [6.45, 7) is 2.05. The zero-order valence-electron chi connectivity index (χ0n) is 7.78. The first kappa shape index (κ1) is 9.74. The molecule has 0 fully saturated rings. The number of hydrogen-bond acceptors (Lipinski definition) is 3. The number of thiophene rings is 1. The number of aryl methyl sites for hydroxylation is 1. The molecular formula is C11H10OS2. The van der Waals surface area contributed by atoms with Gasteiger partial charge in [0.05, 0.1) is 0 Å². The van der Waals surface area contributed by atoms with Gasteiger partial charge in [-0.25, -0.2) is 0 Å². The summed E-state index contributed by atoms with van der Waals surface area (Å²) in [7, 11) is 0. The predicted octanol–water partition coefficient (Wildman–Crippen LogP) is 3.56. The largest absolute Gasteiger partial charge is 0.298 e. The van der Waals surface area contributed by atoms with Crippen LogP contribution in [0.5, 0.6) is 0 Å². The second-order valence-corrected chi connectivity index (χ2v) is 4.47. The molecule has 0 saturated carbocycles. The van der Waals surface area contributed by atoms with Crippen LogP contribution in [0.25, 0.3) is 10.1 Å². The highest BCUT2D eigenvalue weighted by Gasteiger charge is 2.09. The van der Waals surface area contributed by atoms with Crippen LogP contribution in [0.1, 0.15) is 22.8 Å².